The van der Waals surface area contributed by atoms with E-state index in [1.54, 1.807) is 13.0 Å². The van der Waals surface area contributed by atoms with Crippen LogP contribution < -0.4 is 14.4 Å². The van der Waals surface area contributed by atoms with Gasteiger partial charge >= 0.3 is 0 Å². The van der Waals surface area contributed by atoms with Crippen molar-refractivity contribution in [3.8, 4) is 5.75 Å². The van der Waals surface area contributed by atoms with E-state index in [9.17, 15) is 23.4 Å². The summed E-state index contributed by atoms with van der Waals surface area (Å²) in [7, 11) is -2.17. The molecule has 2 aromatic carbocycles. The third-order valence-electron chi connectivity index (χ3n) is 13.6. The number of amides is 1. The molecule has 3 N–H and O–H groups in total. The third kappa shape index (κ3) is 8.33. The Morgan fingerprint density at radius 1 is 1.05 bits per heavy atom. The number of sulfonamides is 1. The Morgan fingerprint density at radius 2 is 1.82 bits per heavy atom. The largest absolute Gasteiger partial charge is 0.490 e. The number of carbonyl (C=O) groups is 1. The predicted octanol–water partition coefficient (Wildman–Crippen LogP) is 4.49. The Labute approximate surface area is 332 Å². The average Bonchev–Trinajstić information content (AvgIpc) is 3.31. The highest BCUT2D eigenvalue weighted by Crippen LogP contribution is 2.49. The van der Waals surface area contributed by atoms with E-state index in [2.05, 4.69) is 43.7 Å². The zero-order valence-electron chi connectivity index (χ0n) is 32.6. The summed E-state index contributed by atoms with van der Waals surface area (Å²) in [6, 6.07) is 11.5. The number of aliphatic hydroxyl groups excluding tert-OH is 2. The van der Waals surface area contributed by atoms with E-state index in [0.29, 0.717) is 44.3 Å². The topological polar surface area (TPSA) is 132 Å². The number of allylic oxidation sites excluding steroid dienone is 1. The van der Waals surface area contributed by atoms with Crippen molar-refractivity contribution in [2.24, 2.45) is 23.7 Å². The maximum Gasteiger partial charge on any atom is 0.264 e. The molecule has 1 saturated heterocycles. The van der Waals surface area contributed by atoms with Gasteiger partial charge in [-0.2, -0.15) is 0 Å². The first-order chi connectivity index (χ1) is 26.4. The Hall–Kier alpha value is -2.71. The first-order valence-corrected chi connectivity index (χ1v) is 22.1. The third-order valence-corrected chi connectivity index (χ3v) is 15.7. The van der Waals surface area contributed by atoms with E-state index in [-0.39, 0.29) is 41.9 Å². The minimum atomic E-state index is -3.98. The van der Waals surface area contributed by atoms with E-state index < -0.39 is 26.8 Å². The number of carbonyl (C=O) groups excluding carboxylic acids is 1. The SMILES string of the molecule is CO[C@@]1(CN2CCN(CC(CO)CO)CC2)/C=C\C[C@H](C)[C@@H](C)S(=O)(=O)NC(=O)c2ccc3c(c2)N(C[C@@H]2CC[C@H]21)C[C@@]1(CCCc2cc(Cl)ccc21)CO3. The van der Waals surface area contributed by atoms with Crippen molar-refractivity contribution < 1.29 is 32.9 Å². The zero-order chi connectivity index (χ0) is 39.0. The maximum absolute atomic E-state index is 13.7. The molecule has 3 aliphatic heterocycles. The number of ether oxygens (including phenoxy) is 2. The van der Waals surface area contributed by atoms with Crippen molar-refractivity contribution in [1.82, 2.24) is 14.5 Å². The molecule has 11 nitrogen and oxygen atoms in total. The highest BCUT2D eigenvalue weighted by Gasteiger charge is 2.50. The van der Waals surface area contributed by atoms with E-state index in [1.165, 1.54) is 11.1 Å². The molecular weight excluding hydrogens is 740 g/mol. The van der Waals surface area contributed by atoms with E-state index in [1.807, 2.05) is 32.2 Å². The molecular formula is C42H59ClN4O7S. The predicted molar refractivity (Wildman–Crippen MR) is 215 cm³/mol. The van der Waals surface area contributed by atoms with Crippen molar-refractivity contribution in [1.29, 1.82) is 0 Å². The van der Waals surface area contributed by atoms with Gasteiger partial charge in [-0.1, -0.05) is 36.7 Å². The molecule has 0 unspecified atom stereocenters. The molecule has 13 heteroatoms. The summed E-state index contributed by atoms with van der Waals surface area (Å²) in [6.45, 7) is 10.2. The van der Waals surface area contributed by atoms with Crippen LogP contribution in [0.1, 0.15) is 67.4 Å². The quantitative estimate of drug-likeness (QED) is 0.345. The second-order valence-corrected chi connectivity index (χ2v) is 19.5. The van der Waals surface area contributed by atoms with Crippen LogP contribution in [-0.4, -0.2) is 124 Å². The van der Waals surface area contributed by atoms with Crippen LogP contribution in [0.3, 0.4) is 0 Å². The lowest BCUT2D eigenvalue weighted by Crippen LogP contribution is -2.59. The van der Waals surface area contributed by atoms with Crippen molar-refractivity contribution in [3.63, 3.8) is 0 Å². The Kier molecular flexibility index (Phi) is 12.2. The van der Waals surface area contributed by atoms with Crippen LogP contribution in [0.2, 0.25) is 5.02 Å². The molecule has 1 saturated carbocycles. The van der Waals surface area contributed by atoms with Crippen molar-refractivity contribution in [2.75, 3.05) is 84.2 Å². The lowest BCUT2D eigenvalue weighted by Gasteiger charge is -2.52. The van der Waals surface area contributed by atoms with Crippen LogP contribution in [-0.2, 0) is 26.6 Å². The fraction of sp³-hybridized carbons (Fsp3) is 0.643. The molecule has 0 aromatic heterocycles. The van der Waals surface area contributed by atoms with E-state index in [0.717, 1.165) is 75.5 Å². The van der Waals surface area contributed by atoms with Gasteiger partial charge < -0.3 is 29.5 Å². The van der Waals surface area contributed by atoms with Gasteiger partial charge in [0.15, 0.2) is 0 Å². The molecule has 6 atom stereocenters. The summed E-state index contributed by atoms with van der Waals surface area (Å²) >= 11 is 6.50. The molecule has 1 amide bonds. The smallest absolute Gasteiger partial charge is 0.264 e. The van der Waals surface area contributed by atoms with Crippen LogP contribution in [0.5, 0.6) is 5.75 Å². The number of benzene rings is 2. The number of piperazine rings is 1. The molecule has 0 radical (unpaired) electrons. The van der Waals surface area contributed by atoms with Gasteiger partial charge in [-0.3, -0.25) is 9.69 Å². The molecule has 302 valence electrons. The van der Waals surface area contributed by atoms with Gasteiger partial charge in [-0.05, 0) is 105 Å². The van der Waals surface area contributed by atoms with Crippen molar-refractivity contribution >= 4 is 33.2 Å². The number of methoxy groups -OCH3 is 1. The Balaban J connectivity index is 1.25. The summed E-state index contributed by atoms with van der Waals surface area (Å²) < 4.78 is 43.0. The number of aryl methyl sites for hydroxylation is 1. The molecule has 5 aliphatic rings. The Morgan fingerprint density at radius 3 is 2.53 bits per heavy atom. The summed E-state index contributed by atoms with van der Waals surface area (Å²) in [6.07, 6.45) is 9.81. The number of halogens is 1. The lowest BCUT2D eigenvalue weighted by atomic mass is 9.63. The summed E-state index contributed by atoms with van der Waals surface area (Å²) in [5.41, 5.74) is 2.71. The van der Waals surface area contributed by atoms with Crippen LogP contribution >= 0.6 is 11.6 Å². The van der Waals surface area contributed by atoms with Gasteiger partial charge in [0.05, 0.1) is 17.5 Å². The van der Waals surface area contributed by atoms with E-state index >= 15 is 0 Å². The second-order valence-electron chi connectivity index (χ2n) is 17.0. The number of nitrogens with zero attached hydrogens (tertiary/aromatic N) is 3. The van der Waals surface area contributed by atoms with Crippen LogP contribution in [0, 0.1) is 23.7 Å². The average molecular weight is 799 g/mol. The van der Waals surface area contributed by atoms with Gasteiger partial charge in [0.2, 0.25) is 10.0 Å². The second kappa shape index (κ2) is 16.6. The first kappa shape index (κ1) is 40.5. The highest BCUT2D eigenvalue weighted by molar-refractivity contribution is 7.90. The zero-order valence-corrected chi connectivity index (χ0v) is 34.2. The van der Waals surface area contributed by atoms with Gasteiger partial charge in [-0.15, -0.1) is 0 Å². The highest BCUT2D eigenvalue weighted by atomic mass is 35.5. The number of rotatable bonds is 7. The molecule has 3 heterocycles. The molecule has 2 aromatic rings. The molecule has 7 rings (SSSR count). The molecule has 2 fully saturated rings. The van der Waals surface area contributed by atoms with E-state index in [4.69, 9.17) is 21.1 Å². The van der Waals surface area contributed by atoms with Gasteiger partial charge in [-0.25, -0.2) is 13.1 Å². The van der Waals surface area contributed by atoms with Gasteiger partial charge in [0.1, 0.15) is 11.4 Å². The minimum absolute atomic E-state index is 0.0288. The number of fused-ring (bicyclic) bond motifs is 4. The molecule has 1 spiro atoms. The Bertz CT molecular complexity index is 1830. The molecule has 2 bridgehead atoms. The van der Waals surface area contributed by atoms with Gasteiger partial charge in [0.25, 0.3) is 5.91 Å². The van der Waals surface area contributed by atoms with Crippen LogP contribution in [0.4, 0.5) is 5.69 Å². The number of anilines is 1. The fourth-order valence-corrected chi connectivity index (χ4v) is 11.3. The first-order valence-electron chi connectivity index (χ1n) is 20.1. The maximum atomic E-state index is 13.7. The molecule has 55 heavy (non-hydrogen) atoms. The van der Waals surface area contributed by atoms with Crippen LogP contribution in [0.25, 0.3) is 0 Å². The number of hydrogen-bond acceptors (Lipinski definition) is 10. The summed E-state index contributed by atoms with van der Waals surface area (Å²) in [5.74, 6) is 0.155. The lowest BCUT2D eigenvalue weighted by molar-refractivity contribution is -0.0959. The number of hydrogen-bond donors (Lipinski definition) is 3. The van der Waals surface area contributed by atoms with Crippen molar-refractivity contribution in [3.05, 3.63) is 70.3 Å². The molecule has 2 aliphatic carbocycles. The number of aliphatic hydroxyl groups is 2. The summed E-state index contributed by atoms with van der Waals surface area (Å²) in [4.78, 5) is 20.9. The monoisotopic (exact) mass is 798 g/mol. The normalized spacial score (nSPS) is 32.1. The van der Waals surface area contributed by atoms with Gasteiger partial charge in [0, 0.05) is 94.6 Å². The summed E-state index contributed by atoms with van der Waals surface area (Å²) in [5, 5.41) is 19.3. The standard InChI is InChI=1S/C42H59ClN4O7S/c1-29-6-4-15-42(53-3,27-46-18-16-45(17-19-46)22-31(24-48)25-49)37-11-8-34(37)23-47-26-41(14-5-7-32-20-35(43)10-12-36(32)41)28-54-39-13-9-33(21-38(39)47)40(50)44-55(51,52)30(29)2/h4,9-10,12-13,15,20-21,29-31,34,37,48-49H,5-8,11,14,16-19,22-28H2,1-3H3,(H,44,50)/b15-4-/t29-,30+,34-,37+,41-,42+/m0/s1. The number of nitrogens with one attached hydrogen (secondary N) is 1. The van der Waals surface area contributed by atoms with Crippen molar-refractivity contribution in [2.45, 2.75) is 68.6 Å². The minimum Gasteiger partial charge on any atom is -0.490 e. The fourth-order valence-electron chi connectivity index (χ4n) is 9.83. The van der Waals surface area contributed by atoms with Crippen LogP contribution in [0.15, 0.2) is 48.6 Å².